The fourth-order valence-corrected chi connectivity index (χ4v) is 1.17. The smallest absolute Gasteiger partial charge is 0.157 e. The van der Waals surface area contributed by atoms with Gasteiger partial charge >= 0.3 is 0 Å². The van der Waals surface area contributed by atoms with Gasteiger partial charge in [-0.25, -0.2) is 0 Å². The third-order valence-corrected chi connectivity index (χ3v) is 1.79. The molecule has 0 aromatic carbocycles. The zero-order chi connectivity index (χ0) is 8.65. The Labute approximate surface area is 74.2 Å². The van der Waals surface area contributed by atoms with Gasteiger partial charge in [0.05, 0.1) is 13.5 Å². The summed E-state index contributed by atoms with van der Waals surface area (Å²) in [6, 6.07) is 0. The highest BCUT2D eigenvalue weighted by atomic mass is 16.7. The van der Waals surface area contributed by atoms with Crippen molar-refractivity contribution in [3.63, 3.8) is 0 Å². The minimum Gasteiger partial charge on any atom is -0.353 e. The van der Waals surface area contributed by atoms with Gasteiger partial charge in [-0.1, -0.05) is 0 Å². The molecule has 1 aliphatic rings. The Morgan fingerprint density at radius 2 is 2.42 bits per heavy atom. The Balaban J connectivity index is 2.00. The summed E-state index contributed by atoms with van der Waals surface area (Å²) in [7, 11) is 0. The van der Waals surface area contributed by atoms with Gasteiger partial charge in [-0.2, -0.15) is 0 Å². The number of ether oxygens (including phenoxy) is 2. The highest BCUT2D eigenvalue weighted by Crippen LogP contribution is 2.13. The average Bonchev–Trinajstić information content (AvgIpc) is 2.14. The molecule has 1 heterocycles. The Bertz CT molecular complexity index is 160. The van der Waals surface area contributed by atoms with Crippen molar-refractivity contribution in [2.45, 2.75) is 32.0 Å². The van der Waals surface area contributed by atoms with Crippen LogP contribution < -0.4 is 0 Å². The standard InChI is InChI=1S/C10H15O2/c1-2-3-5-8-11-10-7-4-6-9-12-10/h10H,1,4-9H2/q+1. The van der Waals surface area contributed by atoms with E-state index in [1.807, 2.05) is 0 Å². The molecule has 0 aromatic rings. The van der Waals surface area contributed by atoms with Crippen LogP contribution in [-0.2, 0) is 9.47 Å². The number of rotatable bonds is 3. The van der Waals surface area contributed by atoms with Crippen LogP contribution in [0.4, 0.5) is 0 Å². The lowest BCUT2D eigenvalue weighted by Gasteiger charge is -2.21. The highest BCUT2D eigenvalue weighted by Gasteiger charge is 2.13. The van der Waals surface area contributed by atoms with Gasteiger partial charge in [0.25, 0.3) is 0 Å². The summed E-state index contributed by atoms with van der Waals surface area (Å²) >= 11 is 0. The van der Waals surface area contributed by atoms with E-state index in [4.69, 9.17) is 9.47 Å². The van der Waals surface area contributed by atoms with Crippen molar-refractivity contribution < 1.29 is 9.47 Å². The lowest BCUT2D eigenvalue weighted by Crippen LogP contribution is -2.22. The third-order valence-electron chi connectivity index (χ3n) is 1.79. The minimum atomic E-state index is 0.0189. The molecule has 0 aliphatic carbocycles. The molecular weight excluding hydrogens is 152 g/mol. The summed E-state index contributed by atoms with van der Waals surface area (Å²) < 4.78 is 10.8. The topological polar surface area (TPSA) is 18.5 Å². The summed E-state index contributed by atoms with van der Waals surface area (Å²) in [5, 5.41) is 0. The summed E-state index contributed by atoms with van der Waals surface area (Å²) in [6.45, 7) is 4.92. The molecule has 1 unspecified atom stereocenters. The third kappa shape index (κ3) is 3.66. The van der Waals surface area contributed by atoms with Crippen LogP contribution in [-0.4, -0.2) is 19.5 Å². The second-order valence-corrected chi connectivity index (χ2v) is 2.77. The molecule has 2 nitrogen and oxygen atoms in total. The van der Waals surface area contributed by atoms with Crippen LogP contribution in [0.5, 0.6) is 0 Å². The number of hydrogen-bond donors (Lipinski definition) is 0. The summed E-state index contributed by atoms with van der Waals surface area (Å²) in [4.78, 5) is 0. The average molecular weight is 167 g/mol. The summed E-state index contributed by atoms with van der Waals surface area (Å²) in [5.41, 5.74) is 0. The molecule has 0 bridgehead atoms. The first-order valence-corrected chi connectivity index (χ1v) is 4.41. The molecule has 1 fully saturated rings. The van der Waals surface area contributed by atoms with E-state index >= 15 is 0 Å². The van der Waals surface area contributed by atoms with Gasteiger partial charge in [0.2, 0.25) is 0 Å². The first kappa shape index (κ1) is 9.44. The van der Waals surface area contributed by atoms with Crippen LogP contribution in [0.1, 0.15) is 25.7 Å². The van der Waals surface area contributed by atoms with Crippen molar-refractivity contribution >= 4 is 0 Å². The van der Waals surface area contributed by atoms with Crippen molar-refractivity contribution in [1.29, 1.82) is 0 Å². The minimum absolute atomic E-state index is 0.0189. The zero-order valence-corrected chi connectivity index (χ0v) is 7.34. The molecule has 0 aromatic heterocycles. The molecule has 0 saturated carbocycles. The van der Waals surface area contributed by atoms with Gasteiger partial charge in [-0.3, -0.25) is 0 Å². The first-order chi connectivity index (χ1) is 5.93. The second kappa shape index (κ2) is 5.93. The maximum absolute atomic E-state index is 5.43. The molecule has 1 rings (SSSR count). The van der Waals surface area contributed by atoms with Gasteiger partial charge in [0.15, 0.2) is 6.29 Å². The molecule has 0 spiro atoms. The van der Waals surface area contributed by atoms with E-state index in [2.05, 4.69) is 18.8 Å². The largest absolute Gasteiger partial charge is 0.353 e. The zero-order valence-electron chi connectivity index (χ0n) is 7.34. The summed E-state index contributed by atoms with van der Waals surface area (Å²) in [5.74, 6) is 5.43. The van der Waals surface area contributed by atoms with E-state index in [1.54, 1.807) is 0 Å². The molecule has 1 aliphatic heterocycles. The number of hydrogen-bond acceptors (Lipinski definition) is 2. The second-order valence-electron chi connectivity index (χ2n) is 2.77. The lowest BCUT2D eigenvalue weighted by molar-refractivity contribution is -0.161. The molecule has 66 valence electrons. The SMILES string of the molecule is [CH2+]C#CCCOC1CCCCO1. The Morgan fingerprint density at radius 1 is 1.50 bits per heavy atom. The van der Waals surface area contributed by atoms with Crippen molar-refractivity contribution in [3.8, 4) is 11.8 Å². The van der Waals surface area contributed by atoms with Gasteiger partial charge in [0, 0.05) is 6.61 Å². The molecule has 0 radical (unpaired) electrons. The van der Waals surface area contributed by atoms with Crippen LogP contribution >= 0.6 is 0 Å². The maximum atomic E-state index is 5.43. The van der Waals surface area contributed by atoms with Crippen LogP contribution in [0, 0.1) is 18.8 Å². The van der Waals surface area contributed by atoms with E-state index in [0.717, 1.165) is 19.4 Å². The molecule has 12 heavy (non-hydrogen) atoms. The van der Waals surface area contributed by atoms with Crippen molar-refractivity contribution in [1.82, 2.24) is 0 Å². The first-order valence-electron chi connectivity index (χ1n) is 4.41. The van der Waals surface area contributed by atoms with E-state index < -0.39 is 0 Å². The van der Waals surface area contributed by atoms with Crippen LogP contribution in [0.15, 0.2) is 0 Å². The molecule has 1 saturated heterocycles. The Morgan fingerprint density at radius 3 is 3.08 bits per heavy atom. The predicted octanol–water partition coefficient (Wildman–Crippen LogP) is 1.76. The van der Waals surface area contributed by atoms with Crippen molar-refractivity contribution in [3.05, 3.63) is 6.92 Å². The molecule has 2 heteroatoms. The molecule has 0 N–H and O–H groups in total. The molecular formula is C10H15O2+. The van der Waals surface area contributed by atoms with E-state index in [0.29, 0.717) is 6.61 Å². The van der Waals surface area contributed by atoms with Gasteiger partial charge in [-0.15, -0.1) is 0 Å². The van der Waals surface area contributed by atoms with Crippen molar-refractivity contribution in [2.24, 2.45) is 0 Å². The monoisotopic (exact) mass is 167 g/mol. The predicted molar refractivity (Wildman–Crippen MR) is 47.3 cm³/mol. The van der Waals surface area contributed by atoms with Gasteiger partial charge < -0.3 is 9.47 Å². The normalized spacial score (nSPS) is 22.8. The molecule has 0 amide bonds. The molecule has 1 atom stereocenters. The highest BCUT2D eigenvalue weighted by molar-refractivity contribution is 5.00. The quantitative estimate of drug-likeness (QED) is 0.362. The Kier molecular flexibility index (Phi) is 4.67. The van der Waals surface area contributed by atoms with Crippen LogP contribution in [0.3, 0.4) is 0 Å². The van der Waals surface area contributed by atoms with E-state index in [9.17, 15) is 0 Å². The van der Waals surface area contributed by atoms with Crippen LogP contribution in [0.2, 0.25) is 0 Å². The van der Waals surface area contributed by atoms with Crippen LogP contribution in [0.25, 0.3) is 0 Å². The van der Waals surface area contributed by atoms with Gasteiger partial charge in [0.1, 0.15) is 18.3 Å². The fourth-order valence-electron chi connectivity index (χ4n) is 1.17. The Hall–Kier alpha value is -0.650. The summed E-state index contributed by atoms with van der Waals surface area (Å²) in [6.07, 6.45) is 4.18. The van der Waals surface area contributed by atoms with E-state index in [1.165, 1.54) is 12.8 Å². The van der Waals surface area contributed by atoms with E-state index in [-0.39, 0.29) is 6.29 Å². The fraction of sp³-hybridized carbons (Fsp3) is 0.700. The maximum Gasteiger partial charge on any atom is 0.157 e. The lowest BCUT2D eigenvalue weighted by atomic mass is 10.2. The van der Waals surface area contributed by atoms with Crippen molar-refractivity contribution in [2.75, 3.05) is 13.2 Å². The van der Waals surface area contributed by atoms with Gasteiger partial charge in [-0.05, 0) is 19.3 Å².